The van der Waals surface area contributed by atoms with E-state index in [4.69, 9.17) is 4.42 Å². The third-order valence-electron chi connectivity index (χ3n) is 4.83. The zero-order chi connectivity index (χ0) is 20.2. The predicted octanol–water partition coefficient (Wildman–Crippen LogP) is 3.53. The van der Waals surface area contributed by atoms with Crippen molar-refractivity contribution in [1.29, 1.82) is 0 Å². The van der Waals surface area contributed by atoms with Gasteiger partial charge in [-0.3, -0.25) is 9.59 Å². The largest absolute Gasteiger partial charge is 0.467 e. The van der Waals surface area contributed by atoms with E-state index in [1.54, 1.807) is 23.3 Å². The molecule has 0 N–H and O–H groups in total. The van der Waals surface area contributed by atoms with Crippen molar-refractivity contribution < 1.29 is 9.21 Å². The highest BCUT2D eigenvalue weighted by atomic mass is 16.3. The minimum atomic E-state index is -0.266. The van der Waals surface area contributed by atoms with E-state index in [0.717, 1.165) is 10.9 Å². The molecule has 0 aliphatic rings. The van der Waals surface area contributed by atoms with E-state index in [9.17, 15) is 9.59 Å². The maximum Gasteiger partial charge on any atom is 0.275 e. The molecule has 0 fully saturated rings. The summed E-state index contributed by atoms with van der Waals surface area (Å²) in [5.74, 6) is 0.485. The van der Waals surface area contributed by atoms with Gasteiger partial charge >= 0.3 is 0 Å². The Labute approximate surface area is 168 Å². The SMILES string of the molecule is Cc1nn(CC(=O)N(Cc2ccccc2)Cc2ccco2)c(=O)c2ccccc12. The van der Waals surface area contributed by atoms with Gasteiger partial charge in [-0.2, -0.15) is 5.10 Å². The van der Waals surface area contributed by atoms with Crippen LogP contribution >= 0.6 is 0 Å². The Hall–Kier alpha value is -3.67. The molecule has 29 heavy (non-hydrogen) atoms. The smallest absolute Gasteiger partial charge is 0.275 e. The number of aryl methyl sites for hydroxylation is 1. The minimum Gasteiger partial charge on any atom is -0.467 e. The molecule has 0 spiro atoms. The van der Waals surface area contributed by atoms with Gasteiger partial charge in [-0.15, -0.1) is 0 Å². The molecule has 0 saturated carbocycles. The lowest BCUT2D eigenvalue weighted by molar-refractivity contribution is -0.133. The van der Waals surface area contributed by atoms with Crippen LogP contribution in [0.15, 0.2) is 82.2 Å². The highest BCUT2D eigenvalue weighted by molar-refractivity contribution is 5.83. The third kappa shape index (κ3) is 4.11. The first-order valence-corrected chi connectivity index (χ1v) is 9.42. The van der Waals surface area contributed by atoms with E-state index >= 15 is 0 Å². The first kappa shape index (κ1) is 18.7. The number of aromatic nitrogens is 2. The van der Waals surface area contributed by atoms with Gasteiger partial charge < -0.3 is 9.32 Å². The number of fused-ring (bicyclic) bond motifs is 1. The number of rotatable bonds is 6. The van der Waals surface area contributed by atoms with E-state index in [1.807, 2.05) is 61.5 Å². The molecule has 0 unspecified atom stereocenters. The molecule has 2 aromatic carbocycles. The zero-order valence-corrected chi connectivity index (χ0v) is 16.1. The monoisotopic (exact) mass is 387 g/mol. The number of nitrogens with zero attached hydrogens (tertiary/aromatic N) is 3. The number of furan rings is 1. The van der Waals surface area contributed by atoms with Crippen LogP contribution in [0.25, 0.3) is 10.8 Å². The van der Waals surface area contributed by atoms with Gasteiger partial charge in [-0.1, -0.05) is 48.5 Å². The maximum absolute atomic E-state index is 13.1. The second-order valence-corrected chi connectivity index (χ2v) is 6.91. The van der Waals surface area contributed by atoms with Crippen LogP contribution in [0.2, 0.25) is 0 Å². The van der Waals surface area contributed by atoms with E-state index in [0.29, 0.717) is 29.9 Å². The van der Waals surface area contributed by atoms with Gasteiger partial charge in [-0.05, 0) is 30.7 Å². The second-order valence-electron chi connectivity index (χ2n) is 6.91. The van der Waals surface area contributed by atoms with E-state index in [2.05, 4.69) is 5.10 Å². The van der Waals surface area contributed by atoms with E-state index in [1.165, 1.54) is 4.68 Å². The standard InChI is InChI=1S/C23H21N3O3/c1-17-20-11-5-6-12-21(20)23(28)26(24-17)16-22(27)25(15-19-10-7-13-29-19)14-18-8-3-2-4-9-18/h2-13H,14-16H2,1H3. The number of benzene rings is 2. The quantitative estimate of drug-likeness (QED) is 0.508. The van der Waals surface area contributed by atoms with Crippen molar-refractivity contribution in [2.45, 2.75) is 26.6 Å². The molecule has 6 nitrogen and oxygen atoms in total. The molecule has 0 bridgehead atoms. The van der Waals surface area contributed by atoms with Crippen molar-refractivity contribution in [3.05, 3.63) is 100 Å². The van der Waals surface area contributed by atoms with Crippen LogP contribution in [0, 0.1) is 6.92 Å². The van der Waals surface area contributed by atoms with Crippen molar-refractivity contribution in [2.75, 3.05) is 0 Å². The van der Waals surface area contributed by atoms with E-state index in [-0.39, 0.29) is 18.0 Å². The summed E-state index contributed by atoms with van der Waals surface area (Å²) in [6.07, 6.45) is 1.58. The molecule has 0 saturated heterocycles. The van der Waals surface area contributed by atoms with Crippen LogP contribution in [0.4, 0.5) is 0 Å². The number of amides is 1. The van der Waals surface area contributed by atoms with Gasteiger partial charge in [0.1, 0.15) is 12.3 Å². The van der Waals surface area contributed by atoms with Crippen LogP contribution < -0.4 is 5.56 Å². The summed E-state index contributed by atoms with van der Waals surface area (Å²) in [4.78, 5) is 27.6. The lowest BCUT2D eigenvalue weighted by Gasteiger charge is -2.22. The Kier molecular flexibility index (Phi) is 5.24. The Morgan fingerprint density at radius 3 is 2.41 bits per heavy atom. The Balaban J connectivity index is 1.63. The lowest BCUT2D eigenvalue weighted by atomic mass is 10.1. The summed E-state index contributed by atoms with van der Waals surface area (Å²) in [5, 5.41) is 5.73. The molecule has 2 aromatic heterocycles. The van der Waals surface area contributed by atoms with Gasteiger partial charge in [-0.25, -0.2) is 4.68 Å². The minimum absolute atomic E-state index is 0.127. The molecule has 0 aliphatic heterocycles. The van der Waals surface area contributed by atoms with Crippen molar-refractivity contribution in [3.63, 3.8) is 0 Å². The molecule has 6 heteroatoms. The second kappa shape index (κ2) is 8.14. The molecule has 1 amide bonds. The summed E-state index contributed by atoms with van der Waals surface area (Å²) in [6.45, 7) is 2.45. The highest BCUT2D eigenvalue weighted by Crippen LogP contribution is 2.14. The van der Waals surface area contributed by atoms with Crippen molar-refractivity contribution in [2.24, 2.45) is 0 Å². The van der Waals surface area contributed by atoms with Crippen molar-refractivity contribution in [3.8, 4) is 0 Å². The molecule has 0 atom stereocenters. The topological polar surface area (TPSA) is 68.3 Å². The summed E-state index contributed by atoms with van der Waals surface area (Å²) < 4.78 is 6.67. The number of hydrogen-bond donors (Lipinski definition) is 0. The Morgan fingerprint density at radius 1 is 0.966 bits per heavy atom. The average Bonchev–Trinajstić information content (AvgIpc) is 3.25. The van der Waals surface area contributed by atoms with Crippen LogP contribution in [0.5, 0.6) is 0 Å². The summed E-state index contributed by atoms with van der Waals surface area (Å²) in [6, 6.07) is 20.7. The molecule has 4 rings (SSSR count). The first-order valence-electron chi connectivity index (χ1n) is 9.42. The highest BCUT2D eigenvalue weighted by Gasteiger charge is 2.18. The predicted molar refractivity (Wildman–Crippen MR) is 110 cm³/mol. The molecule has 146 valence electrons. The van der Waals surface area contributed by atoms with Crippen molar-refractivity contribution in [1.82, 2.24) is 14.7 Å². The summed E-state index contributed by atoms with van der Waals surface area (Å²) in [7, 11) is 0. The fourth-order valence-corrected chi connectivity index (χ4v) is 3.37. The van der Waals surface area contributed by atoms with Gasteiger partial charge in [0.15, 0.2) is 0 Å². The Morgan fingerprint density at radius 2 is 1.69 bits per heavy atom. The number of carbonyl (C=O) groups excluding carboxylic acids is 1. The third-order valence-corrected chi connectivity index (χ3v) is 4.83. The molecule has 4 aromatic rings. The van der Waals surface area contributed by atoms with Crippen LogP contribution in [0.1, 0.15) is 17.0 Å². The molecular weight excluding hydrogens is 366 g/mol. The number of hydrogen-bond acceptors (Lipinski definition) is 4. The zero-order valence-electron chi connectivity index (χ0n) is 16.1. The van der Waals surface area contributed by atoms with Crippen LogP contribution in [-0.4, -0.2) is 20.6 Å². The first-order chi connectivity index (χ1) is 14.1. The molecule has 2 heterocycles. The fraction of sp³-hybridized carbons (Fsp3) is 0.174. The van der Waals surface area contributed by atoms with Gasteiger partial charge in [0, 0.05) is 11.9 Å². The molecule has 0 aliphatic carbocycles. The average molecular weight is 387 g/mol. The number of carbonyl (C=O) groups is 1. The summed E-state index contributed by atoms with van der Waals surface area (Å²) in [5.41, 5.74) is 1.45. The normalized spacial score (nSPS) is 10.9. The fourth-order valence-electron chi connectivity index (χ4n) is 3.37. The Bertz CT molecular complexity index is 1180. The van der Waals surface area contributed by atoms with Gasteiger partial charge in [0.05, 0.1) is 23.9 Å². The van der Waals surface area contributed by atoms with Gasteiger partial charge in [0.2, 0.25) is 5.91 Å². The lowest BCUT2D eigenvalue weighted by Crippen LogP contribution is -2.37. The van der Waals surface area contributed by atoms with Crippen LogP contribution in [-0.2, 0) is 24.4 Å². The molecule has 0 radical (unpaired) electrons. The molecular formula is C23H21N3O3. The van der Waals surface area contributed by atoms with E-state index < -0.39 is 0 Å². The van der Waals surface area contributed by atoms with Crippen LogP contribution in [0.3, 0.4) is 0 Å². The van der Waals surface area contributed by atoms with Gasteiger partial charge in [0.25, 0.3) is 5.56 Å². The maximum atomic E-state index is 13.1. The van der Waals surface area contributed by atoms with Crippen molar-refractivity contribution >= 4 is 16.7 Å². The summed E-state index contributed by atoms with van der Waals surface area (Å²) >= 11 is 0.